The zero-order valence-corrected chi connectivity index (χ0v) is 12.8. The molecule has 0 radical (unpaired) electrons. The second kappa shape index (κ2) is 7.74. The quantitative estimate of drug-likeness (QED) is 0.817. The van der Waals surface area contributed by atoms with Crippen molar-refractivity contribution in [2.75, 3.05) is 6.54 Å². The smallest absolute Gasteiger partial charge is 0.387 e. The number of hydrogen-bond donors (Lipinski definition) is 1. The summed E-state index contributed by atoms with van der Waals surface area (Å²) in [6.07, 6.45) is 5.24. The van der Waals surface area contributed by atoms with Crippen LogP contribution < -0.4 is 10.1 Å². The van der Waals surface area contributed by atoms with Crippen LogP contribution >= 0.6 is 0 Å². The van der Waals surface area contributed by atoms with Gasteiger partial charge in [-0.2, -0.15) is 8.78 Å². The Kier molecular flexibility index (Phi) is 5.97. The average Bonchev–Trinajstić information content (AvgIpc) is 2.44. The summed E-state index contributed by atoms with van der Waals surface area (Å²) in [6.45, 7) is 2.60. The number of hydrogen-bond acceptors (Lipinski definition) is 2. The Morgan fingerprint density at radius 1 is 1.33 bits per heavy atom. The molecule has 3 unspecified atom stereocenters. The Hall–Kier alpha value is -1.16. The monoisotopic (exact) mass is 297 g/mol. The molecule has 0 aliphatic heterocycles. The number of halogens is 2. The average molecular weight is 297 g/mol. The molecule has 1 saturated carbocycles. The van der Waals surface area contributed by atoms with Gasteiger partial charge in [0.05, 0.1) is 0 Å². The molecule has 3 atom stereocenters. The summed E-state index contributed by atoms with van der Waals surface area (Å²) < 4.78 is 28.9. The molecule has 2 nitrogen and oxygen atoms in total. The van der Waals surface area contributed by atoms with E-state index in [1.807, 2.05) is 6.07 Å². The minimum atomic E-state index is -2.77. The number of alkyl halides is 2. The van der Waals surface area contributed by atoms with Gasteiger partial charge in [-0.05, 0) is 55.8 Å². The van der Waals surface area contributed by atoms with Gasteiger partial charge < -0.3 is 10.1 Å². The molecule has 0 bridgehead atoms. The van der Waals surface area contributed by atoms with E-state index in [1.54, 1.807) is 18.2 Å². The van der Waals surface area contributed by atoms with E-state index in [9.17, 15) is 8.78 Å². The normalized spacial score (nSPS) is 24.0. The first kappa shape index (κ1) is 16.2. The maximum atomic E-state index is 12.2. The van der Waals surface area contributed by atoms with Gasteiger partial charge in [0.25, 0.3) is 0 Å². The van der Waals surface area contributed by atoms with Crippen LogP contribution in [0.15, 0.2) is 24.3 Å². The fourth-order valence-corrected chi connectivity index (χ4v) is 3.17. The van der Waals surface area contributed by atoms with E-state index in [2.05, 4.69) is 23.9 Å². The largest absolute Gasteiger partial charge is 0.435 e. The van der Waals surface area contributed by atoms with Gasteiger partial charge in [0.2, 0.25) is 0 Å². The fourth-order valence-electron chi connectivity index (χ4n) is 3.17. The van der Waals surface area contributed by atoms with E-state index in [0.29, 0.717) is 0 Å². The van der Waals surface area contributed by atoms with Crippen molar-refractivity contribution in [2.24, 2.45) is 11.8 Å². The molecule has 1 aromatic carbocycles. The van der Waals surface area contributed by atoms with Gasteiger partial charge in [-0.25, -0.2) is 0 Å². The third kappa shape index (κ3) is 5.27. The van der Waals surface area contributed by atoms with Crippen LogP contribution in [0.4, 0.5) is 8.78 Å². The van der Waals surface area contributed by atoms with Crippen LogP contribution in [0.3, 0.4) is 0 Å². The summed E-state index contributed by atoms with van der Waals surface area (Å²) in [4.78, 5) is 0. The molecule has 1 aliphatic carbocycles. The van der Waals surface area contributed by atoms with Crippen molar-refractivity contribution < 1.29 is 13.5 Å². The highest BCUT2D eigenvalue weighted by atomic mass is 19.3. The fraction of sp³-hybridized carbons (Fsp3) is 0.647. The highest BCUT2D eigenvalue weighted by molar-refractivity contribution is 5.30. The standard InChI is InChI=1S/C17H25F2NO/c1-12-5-3-6-14(9-12)11-20-13(2)15-7-4-8-16(10-15)21-17(18)19/h4,7-8,10,12-14,17,20H,3,5-6,9,11H2,1-2H3. The summed E-state index contributed by atoms with van der Waals surface area (Å²) in [7, 11) is 0. The molecule has 1 N–H and O–H groups in total. The van der Waals surface area contributed by atoms with Gasteiger partial charge in [-0.3, -0.25) is 0 Å². The van der Waals surface area contributed by atoms with Gasteiger partial charge in [-0.15, -0.1) is 0 Å². The third-order valence-corrected chi connectivity index (χ3v) is 4.34. The Morgan fingerprint density at radius 3 is 2.86 bits per heavy atom. The van der Waals surface area contributed by atoms with E-state index in [1.165, 1.54) is 25.7 Å². The van der Waals surface area contributed by atoms with Gasteiger partial charge in [0.15, 0.2) is 0 Å². The van der Waals surface area contributed by atoms with Gasteiger partial charge >= 0.3 is 6.61 Å². The summed E-state index contributed by atoms with van der Waals surface area (Å²) in [6, 6.07) is 7.09. The van der Waals surface area contributed by atoms with E-state index in [-0.39, 0.29) is 11.8 Å². The van der Waals surface area contributed by atoms with Crippen molar-refractivity contribution in [1.29, 1.82) is 0 Å². The van der Waals surface area contributed by atoms with Gasteiger partial charge in [-0.1, -0.05) is 31.9 Å². The van der Waals surface area contributed by atoms with Crippen molar-refractivity contribution in [1.82, 2.24) is 5.32 Å². The molecule has 1 fully saturated rings. The molecule has 0 saturated heterocycles. The van der Waals surface area contributed by atoms with Crippen LogP contribution in [0, 0.1) is 11.8 Å². The Bertz CT molecular complexity index is 439. The molecule has 0 amide bonds. The van der Waals surface area contributed by atoms with Crippen LogP contribution in [-0.4, -0.2) is 13.2 Å². The van der Waals surface area contributed by atoms with Crippen LogP contribution in [-0.2, 0) is 0 Å². The zero-order chi connectivity index (χ0) is 15.2. The lowest BCUT2D eigenvalue weighted by Crippen LogP contribution is -2.28. The van der Waals surface area contributed by atoms with Crippen molar-refractivity contribution in [2.45, 2.75) is 52.2 Å². The summed E-state index contributed by atoms with van der Waals surface area (Å²) in [5.41, 5.74) is 0.983. The SMILES string of the molecule is CC1CCCC(CNC(C)c2cccc(OC(F)F)c2)C1. The van der Waals surface area contributed by atoms with Crippen LogP contribution in [0.1, 0.15) is 51.1 Å². The number of rotatable bonds is 6. The highest BCUT2D eigenvalue weighted by Gasteiger charge is 2.19. The first-order valence-electron chi connectivity index (χ1n) is 7.82. The lowest BCUT2D eigenvalue weighted by Gasteiger charge is -2.28. The van der Waals surface area contributed by atoms with Gasteiger partial charge in [0.1, 0.15) is 5.75 Å². The lowest BCUT2D eigenvalue weighted by molar-refractivity contribution is -0.0499. The minimum absolute atomic E-state index is 0.142. The zero-order valence-electron chi connectivity index (χ0n) is 12.8. The first-order chi connectivity index (χ1) is 10.0. The second-order valence-electron chi connectivity index (χ2n) is 6.22. The molecule has 4 heteroatoms. The minimum Gasteiger partial charge on any atom is -0.435 e. The molecule has 0 aromatic heterocycles. The summed E-state index contributed by atoms with van der Waals surface area (Å²) in [5, 5.41) is 3.53. The van der Waals surface area contributed by atoms with Crippen molar-refractivity contribution in [3.63, 3.8) is 0 Å². The van der Waals surface area contributed by atoms with E-state index >= 15 is 0 Å². The predicted octanol–water partition coefficient (Wildman–Crippen LogP) is 4.76. The second-order valence-corrected chi connectivity index (χ2v) is 6.22. The van der Waals surface area contributed by atoms with Crippen molar-refractivity contribution in [3.05, 3.63) is 29.8 Å². The van der Waals surface area contributed by atoms with Crippen molar-refractivity contribution >= 4 is 0 Å². The summed E-state index contributed by atoms with van der Waals surface area (Å²) >= 11 is 0. The van der Waals surface area contributed by atoms with Gasteiger partial charge in [0, 0.05) is 6.04 Å². The molecule has 21 heavy (non-hydrogen) atoms. The molecule has 2 rings (SSSR count). The molecule has 118 valence electrons. The number of ether oxygens (including phenoxy) is 1. The predicted molar refractivity (Wildman–Crippen MR) is 80.6 cm³/mol. The maximum absolute atomic E-state index is 12.2. The first-order valence-corrected chi connectivity index (χ1v) is 7.82. The number of benzene rings is 1. The van der Waals surface area contributed by atoms with Crippen LogP contribution in [0.5, 0.6) is 5.75 Å². The Balaban J connectivity index is 1.86. The van der Waals surface area contributed by atoms with E-state index < -0.39 is 6.61 Å². The maximum Gasteiger partial charge on any atom is 0.387 e. The lowest BCUT2D eigenvalue weighted by atomic mass is 9.82. The van der Waals surface area contributed by atoms with E-state index in [0.717, 1.165) is 23.9 Å². The van der Waals surface area contributed by atoms with E-state index in [4.69, 9.17) is 0 Å². The summed E-state index contributed by atoms with van der Waals surface area (Å²) in [5.74, 6) is 1.78. The molecule has 1 aromatic rings. The Labute approximate surface area is 125 Å². The molecule has 1 aliphatic rings. The molecular weight excluding hydrogens is 272 g/mol. The molecule has 0 spiro atoms. The third-order valence-electron chi connectivity index (χ3n) is 4.34. The van der Waals surface area contributed by atoms with Crippen LogP contribution in [0.25, 0.3) is 0 Å². The van der Waals surface area contributed by atoms with Crippen molar-refractivity contribution in [3.8, 4) is 5.75 Å². The topological polar surface area (TPSA) is 21.3 Å². The molecular formula is C17H25F2NO. The Morgan fingerprint density at radius 2 is 2.14 bits per heavy atom. The molecule has 0 heterocycles. The number of nitrogens with one attached hydrogen (secondary N) is 1. The highest BCUT2D eigenvalue weighted by Crippen LogP contribution is 2.28. The van der Waals surface area contributed by atoms with Crippen LogP contribution in [0.2, 0.25) is 0 Å².